The van der Waals surface area contributed by atoms with E-state index in [1.807, 2.05) is 30.3 Å². The van der Waals surface area contributed by atoms with E-state index in [4.69, 9.17) is 11.6 Å². The molecule has 1 atom stereocenters. The van der Waals surface area contributed by atoms with Gasteiger partial charge >= 0.3 is 0 Å². The zero-order valence-electron chi connectivity index (χ0n) is 12.1. The summed E-state index contributed by atoms with van der Waals surface area (Å²) in [5.41, 5.74) is 0.474. The van der Waals surface area contributed by atoms with Gasteiger partial charge in [0.25, 0.3) is 11.6 Å². The summed E-state index contributed by atoms with van der Waals surface area (Å²) in [6, 6.07) is 13.1. The lowest BCUT2D eigenvalue weighted by Crippen LogP contribution is -2.33. The van der Waals surface area contributed by atoms with Gasteiger partial charge in [0.1, 0.15) is 5.56 Å². The standard InChI is InChI=1S/C16H15ClN2O4/c17-12-6-7-15(19(22)23)14(9-12)16(21)18-10-13(20)8-11-4-2-1-3-5-11/h1-7,9,13,20H,8,10H2,(H,18,21). The Morgan fingerprint density at radius 2 is 1.96 bits per heavy atom. The molecule has 1 unspecified atom stereocenters. The largest absolute Gasteiger partial charge is 0.391 e. The first-order chi connectivity index (χ1) is 11.0. The van der Waals surface area contributed by atoms with Crippen LogP contribution in [0.1, 0.15) is 15.9 Å². The van der Waals surface area contributed by atoms with Crippen LogP contribution in [0.3, 0.4) is 0 Å². The smallest absolute Gasteiger partial charge is 0.282 e. The Labute approximate surface area is 137 Å². The summed E-state index contributed by atoms with van der Waals surface area (Å²) in [6.07, 6.45) is -0.418. The van der Waals surface area contributed by atoms with Crippen molar-refractivity contribution in [3.05, 3.63) is 74.8 Å². The Morgan fingerprint density at radius 3 is 2.61 bits per heavy atom. The predicted molar refractivity (Wildman–Crippen MR) is 86.6 cm³/mol. The van der Waals surface area contributed by atoms with Gasteiger partial charge in [-0.1, -0.05) is 41.9 Å². The minimum atomic E-state index is -0.792. The van der Waals surface area contributed by atoms with E-state index in [0.29, 0.717) is 6.42 Å². The number of nitro groups is 1. The van der Waals surface area contributed by atoms with E-state index < -0.39 is 16.9 Å². The van der Waals surface area contributed by atoms with Crippen LogP contribution in [0, 0.1) is 10.1 Å². The zero-order chi connectivity index (χ0) is 16.8. The molecule has 0 fully saturated rings. The van der Waals surface area contributed by atoms with Crippen molar-refractivity contribution in [1.29, 1.82) is 0 Å². The Kier molecular flexibility index (Phi) is 5.67. The summed E-state index contributed by atoms with van der Waals surface area (Å²) in [4.78, 5) is 22.4. The molecule has 0 aliphatic heterocycles. The number of benzene rings is 2. The normalized spacial score (nSPS) is 11.7. The number of hydrogen-bond donors (Lipinski definition) is 2. The molecule has 0 heterocycles. The summed E-state index contributed by atoms with van der Waals surface area (Å²) in [5.74, 6) is -0.647. The van der Waals surface area contributed by atoms with Crippen molar-refractivity contribution in [1.82, 2.24) is 5.32 Å². The maximum Gasteiger partial charge on any atom is 0.282 e. The molecule has 120 valence electrons. The number of rotatable bonds is 6. The fourth-order valence-electron chi connectivity index (χ4n) is 2.11. The summed E-state index contributed by atoms with van der Waals surface area (Å²) in [6.45, 7) is -0.0165. The number of nitro benzene ring substituents is 1. The van der Waals surface area contributed by atoms with Gasteiger partial charge in [-0.25, -0.2) is 0 Å². The topological polar surface area (TPSA) is 92.5 Å². The van der Waals surface area contributed by atoms with Crippen LogP contribution in [-0.2, 0) is 6.42 Å². The van der Waals surface area contributed by atoms with Crippen molar-refractivity contribution in [3.63, 3.8) is 0 Å². The van der Waals surface area contributed by atoms with Crippen molar-refractivity contribution in [2.45, 2.75) is 12.5 Å². The highest BCUT2D eigenvalue weighted by molar-refractivity contribution is 6.31. The van der Waals surface area contributed by atoms with Gasteiger partial charge in [-0.2, -0.15) is 0 Å². The number of amides is 1. The molecule has 0 aliphatic carbocycles. The third-order valence-corrected chi connectivity index (χ3v) is 3.45. The molecule has 7 heteroatoms. The third-order valence-electron chi connectivity index (χ3n) is 3.21. The molecule has 2 rings (SSSR count). The van der Waals surface area contributed by atoms with E-state index in [2.05, 4.69) is 5.32 Å². The van der Waals surface area contributed by atoms with Gasteiger partial charge in [0, 0.05) is 24.1 Å². The van der Waals surface area contributed by atoms with Crippen LogP contribution in [0.25, 0.3) is 0 Å². The highest BCUT2D eigenvalue weighted by atomic mass is 35.5. The minimum Gasteiger partial charge on any atom is -0.391 e. The SMILES string of the molecule is O=C(NCC(O)Cc1ccccc1)c1cc(Cl)ccc1[N+](=O)[O-]. The van der Waals surface area contributed by atoms with Gasteiger partial charge in [-0.3, -0.25) is 14.9 Å². The number of aliphatic hydroxyl groups excluding tert-OH is 1. The molecule has 0 saturated heterocycles. The number of hydrogen-bond acceptors (Lipinski definition) is 4. The molecule has 2 aromatic carbocycles. The molecule has 23 heavy (non-hydrogen) atoms. The molecule has 0 spiro atoms. The fraction of sp³-hybridized carbons (Fsp3) is 0.188. The van der Waals surface area contributed by atoms with Crippen molar-refractivity contribution in [3.8, 4) is 0 Å². The molecule has 0 bridgehead atoms. The number of nitrogens with zero attached hydrogens (tertiary/aromatic N) is 1. The predicted octanol–water partition coefficient (Wildman–Crippen LogP) is 2.58. The molecule has 0 radical (unpaired) electrons. The van der Waals surface area contributed by atoms with Crippen molar-refractivity contribution in [2.75, 3.05) is 6.54 Å². The summed E-state index contributed by atoms with van der Waals surface area (Å²) < 4.78 is 0. The number of nitrogens with one attached hydrogen (secondary N) is 1. The van der Waals surface area contributed by atoms with Crippen LogP contribution in [0.2, 0.25) is 5.02 Å². The molecule has 2 aromatic rings. The Hall–Kier alpha value is -2.44. The van der Waals surface area contributed by atoms with Crippen molar-refractivity contribution in [2.24, 2.45) is 0 Å². The van der Waals surface area contributed by atoms with E-state index in [9.17, 15) is 20.0 Å². The third kappa shape index (κ3) is 4.77. The van der Waals surface area contributed by atoms with Gasteiger partial charge in [-0.15, -0.1) is 0 Å². The summed E-state index contributed by atoms with van der Waals surface area (Å²) in [5, 5.41) is 23.6. The lowest BCUT2D eigenvalue weighted by atomic mass is 10.1. The van der Waals surface area contributed by atoms with E-state index in [-0.39, 0.29) is 22.8 Å². The monoisotopic (exact) mass is 334 g/mol. The van der Waals surface area contributed by atoms with E-state index in [0.717, 1.165) is 5.56 Å². The highest BCUT2D eigenvalue weighted by Gasteiger charge is 2.21. The second kappa shape index (κ2) is 7.71. The molecule has 6 nitrogen and oxygen atoms in total. The van der Waals surface area contributed by atoms with Gasteiger partial charge in [0.2, 0.25) is 0 Å². The number of carbonyl (C=O) groups is 1. The molecule has 0 aromatic heterocycles. The quantitative estimate of drug-likeness (QED) is 0.627. The molecular weight excluding hydrogens is 320 g/mol. The molecule has 1 amide bonds. The second-order valence-electron chi connectivity index (χ2n) is 4.97. The fourth-order valence-corrected chi connectivity index (χ4v) is 2.29. The first-order valence-corrected chi connectivity index (χ1v) is 7.29. The lowest BCUT2D eigenvalue weighted by Gasteiger charge is -2.12. The first-order valence-electron chi connectivity index (χ1n) is 6.91. The van der Waals surface area contributed by atoms with Crippen LogP contribution >= 0.6 is 11.6 Å². The van der Waals surface area contributed by atoms with Crippen LogP contribution in [0.5, 0.6) is 0 Å². The number of aliphatic hydroxyl groups is 1. The average molecular weight is 335 g/mol. The van der Waals surface area contributed by atoms with Crippen molar-refractivity contribution >= 4 is 23.2 Å². The van der Waals surface area contributed by atoms with Gasteiger partial charge in [-0.05, 0) is 17.7 Å². The maximum atomic E-state index is 12.1. The Morgan fingerprint density at radius 1 is 1.26 bits per heavy atom. The first kappa shape index (κ1) is 16.9. The van der Waals surface area contributed by atoms with E-state index >= 15 is 0 Å². The Balaban J connectivity index is 1.99. The number of halogens is 1. The van der Waals surface area contributed by atoms with Gasteiger partial charge in [0.05, 0.1) is 11.0 Å². The summed E-state index contributed by atoms with van der Waals surface area (Å²) >= 11 is 5.78. The lowest BCUT2D eigenvalue weighted by molar-refractivity contribution is -0.385. The second-order valence-corrected chi connectivity index (χ2v) is 5.41. The zero-order valence-corrected chi connectivity index (χ0v) is 12.9. The van der Waals surface area contributed by atoms with Gasteiger partial charge < -0.3 is 10.4 Å². The highest BCUT2D eigenvalue weighted by Crippen LogP contribution is 2.22. The average Bonchev–Trinajstić information content (AvgIpc) is 2.53. The van der Waals surface area contributed by atoms with Crippen LogP contribution in [-0.4, -0.2) is 28.6 Å². The van der Waals surface area contributed by atoms with Gasteiger partial charge in [0.15, 0.2) is 0 Å². The van der Waals surface area contributed by atoms with E-state index in [1.165, 1.54) is 18.2 Å². The molecule has 2 N–H and O–H groups in total. The molecule has 0 saturated carbocycles. The molecular formula is C16H15ClN2O4. The van der Waals surface area contributed by atoms with Crippen LogP contribution in [0.15, 0.2) is 48.5 Å². The van der Waals surface area contributed by atoms with Crippen LogP contribution in [0.4, 0.5) is 5.69 Å². The minimum absolute atomic E-state index is 0.0165. The maximum absolute atomic E-state index is 12.1. The van der Waals surface area contributed by atoms with Crippen LogP contribution < -0.4 is 5.32 Å². The van der Waals surface area contributed by atoms with Crippen molar-refractivity contribution < 1.29 is 14.8 Å². The molecule has 0 aliphatic rings. The number of carbonyl (C=O) groups excluding carboxylic acids is 1. The summed E-state index contributed by atoms with van der Waals surface area (Å²) in [7, 11) is 0. The van der Waals surface area contributed by atoms with E-state index in [1.54, 1.807) is 0 Å². The Bertz CT molecular complexity index is 706.